The van der Waals surface area contributed by atoms with Crippen LogP contribution in [0.3, 0.4) is 0 Å². The molecule has 3 heterocycles. The lowest BCUT2D eigenvalue weighted by molar-refractivity contribution is 0.197. The third-order valence-corrected chi connectivity index (χ3v) is 3.52. The summed E-state index contributed by atoms with van der Waals surface area (Å²) in [6.45, 7) is 1.42. The van der Waals surface area contributed by atoms with Crippen LogP contribution >= 0.6 is 11.6 Å². The van der Waals surface area contributed by atoms with Crippen LogP contribution in [0.1, 0.15) is 6.42 Å². The first kappa shape index (κ1) is 17.2. The van der Waals surface area contributed by atoms with Crippen molar-refractivity contribution in [3.63, 3.8) is 0 Å². The van der Waals surface area contributed by atoms with Gasteiger partial charge in [0.25, 0.3) is 6.01 Å². The highest BCUT2D eigenvalue weighted by Crippen LogP contribution is 2.23. The average molecular weight is 360 g/mol. The second kappa shape index (κ2) is 8.46. The fourth-order valence-corrected chi connectivity index (χ4v) is 2.22. The molecular weight excluding hydrogens is 342 g/mol. The highest BCUT2D eigenvalue weighted by atomic mass is 35.5. The first-order valence-corrected chi connectivity index (χ1v) is 8.17. The number of aromatic nitrogens is 3. The molecule has 0 aromatic carbocycles. The van der Waals surface area contributed by atoms with Crippen molar-refractivity contribution in [2.75, 3.05) is 30.9 Å². The van der Waals surface area contributed by atoms with Crippen molar-refractivity contribution in [3.8, 4) is 11.5 Å². The van der Waals surface area contributed by atoms with Crippen molar-refractivity contribution >= 4 is 29.3 Å². The smallest absolute Gasteiger partial charge is 0.295 e. The third-order valence-electron chi connectivity index (χ3n) is 3.29. The van der Waals surface area contributed by atoms with Crippen LogP contribution in [0.15, 0.2) is 47.1 Å². The normalized spacial score (nSPS) is 10.6. The standard InChI is InChI=1S/C17H18ClN5O2/c1-24-9-3-8-19-17-21-11-14(25-17)13-4-2-5-16(22-13)23-15-7-6-12(18)10-20-15/h2,4-7,10-11H,3,8-9H2,1H3,(H,19,21)(H,20,22,23). The van der Waals surface area contributed by atoms with Crippen molar-refractivity contribution in [1.82, 2.24) is 15.0 Å². The molecule has 0 saturated carbocycles. The molecule has 7 nitrogen and oxygen atoms in total. The minimum atomic E-state index is 0.464. The summed E-state index contributed by atoms with van der Waals surface area (Å²) < 4.78 is 10.7. The Hall–Kier alpha value is -2.64. The van der Waals surface area contributed by atoms with E-state index in [4.69, 9.17) is 20.8 Å². The molecule has 0 spiro atoms. The Morgan fingerprint density at radius 3 is 2.84 bits per heavy atom. The van der Waals surface area contributed by atoms with Crippen LogP contribution in [0.2, 0.25) is 5.02 Å². The van der Waals surface area contributed by atoms with Gasteiger partial charge >= 0.3 is 0 Å². The van der Waals surface area contributed by atoms with Gasteiger partial charge in [0, 0.05) is 26.5 Å². The van der Waals surface area contributed by atoms with Gasteiger partial charge in [0.15, 0.2) is 5.76 Å². The van der Waals surface area contributed by atoms with Crippen molar-refractivity contribution in [2.45, 2.75) is 6.42 Å². The minimum absolute atomic E-state index is 0.464. The molecule has 0 aliphatic rings. The molecular formula is C17H18ClN5O2. The van der Waals surface area contributed by atoms with Gasteiger partial charge in [0.1, 0.15) is 17.3 Å². The molecule has 0 radical (unpaired) electrons. The number of nitrogens with zero attached hydrogens (tertiary/aromatic N) is 3. The maximum atomic E-state index is 5.84. The number of rotatable bonds is 8. The molecule has 3 rings (SSSR count). The van der Waals surface area contributed by atoms with Crippen LogP contribution in [0.25, 0.3) is 11.5 Å². The fraction of sp³-hybridized carbons (Fsp3) is 0.235. The molecule has 0 fully saturated rings. The van der Waals surface area contributed by atoms with E-state index in [1.165, 1.54) is 0 Å². The Kier molecular flexibility index (Phi) is 5.81. The van der Waals surface area contributed by atoms with E-state index in [1.807, 2.05) is 18.2 Å². The highest BCUT2D eigenvalue weighted by Gasteiger charge is 2.08. The summed E-state index contributed by atoms with van der Waals surface area (Å²) in [5.74, 6) is 1.90. The summed E-state index contributed by atoms with van der Waals surface area (Å²) in [7, 11) is 1.68. The average Bonchev–Trinajstić information content (AvgIpc) is 3.10. The van der Waals surface area contributed by atoms with Gasteiger partial charge in [-0.1, -0.05) is 17.7 Å². The molecule has 2 N–H and O–H groups in total. The van der Waals surface area contributed by atoms with Crippen molar-refractivity contribution in [1.29, 1.82) is 0 Å². The lowest BCUT2D eigenvalue weighted by Gasteiger charge is -2.05. The lowest BCUT2D eigenvalue weighted by atomic mass is 10.3. The highest BCUT2D eigenvalue weighted by molar-refractivity contribution is 6.30. The largest absolute Gasteiger partial charge is 0.422 e. The summed E-state index contributed by atoms with van der Waals surface area (Å²) in [4.78, 5) is 12.9. The zero-order chi connectivity index (χ0) is 17.5. The van der Waals surface area contributed by atoms with Crippen molar-refractivity contribution in [3.05, 3.63) is 47.7 Å². The Labute approximate surface area is 150 Å². The molecule has 130 valence electrons. The van der Waals surface area contributed by atoms with Gasteiger partial charge in [-0.05, 0) is 30.7 Å². The van der Waals surface area contributed by atoms with Gasteiger partial charge < -0.3 is 19.8 Å². The van der Waals surface area contributed by atoms with Gasteiger partial charge in [-0.2, -0.15) is 0 Å². The van der Waals surface area contributed by atoms with Crippen molar-refractivity contribution < 1.29 is 9.15 Å². The molecule has 8 heteroatoms. The number of hydrogen-bond donors (Lipinski definition) is 2. The number of anilines is 3. The van der Waals surface area contributed by atoms with E-state index in [0.717, 1.165) is 13.0 Å². The van der Waals surface area contributed by atoms with E-state index >= 15 is 0 Å². The quantitative estimate of drug-likeness (QED) is 0.588. The number of pyridine rings is 2. The van der Waals surface area contributed by atoms with Gasteiger partial charge in [-0.3, -0.25) is 0 Å². The van der Waals surface area contributed by atoms with E-state index in [0.29, 0.717) is 40.7 Å². The first-order valence-electron chi connectivity index (χ1n) is 7.79. The monoisotopic (exact) mass is 359 g/mol. The van der Waals surface area contributed by atoms with Crippen LogP contribution in [0.5, 0.6) is 0 Å². The predicted molar refractivity (Wildman–Crippen MR) is 97.2 cm³/mol. The Bertz CT molecular complexity index is 807. The van der Waals surface area contributed by atoms with E-state index < -0.39 is 0 Å². The maximum absolute atomic E-state index is 5.84. The second-order valence-corrected chi connectivity index (χ2v) is 5.63. The molecule has 0 aliphatic heterocycles. The van der Waals surface area contributed by atoms with Gasteiger partial charge in [-0.25, -0.2) is 15.0 Å². The van der Waals surface area contributed by atoms with Gasteiger partial charge in [0.05, 0.1) is 11.2 Å². The summed E-state index contributed by atoms with van der Waals surface area (Å²) in [5.41, 5.74) is 0.677. The number of oxazole rings is 1. The topological polar surface area (TPSA) is 85.1 Å². The fourth-order valence-electron chi connectivity index (χ4n) is 2.11. The van der Waals surface area contributed by atoms with Crippen LogP contribution in [-0.4, -0.2) is 35.2 Å². The van der Waals surface area contributed by atoms with Crippen LogP contribution in [-0.2, 0) is 4.74 Å². The van der Waals surface area contributed by atoms with Crippen molar-refractivity contribution in [2.24, 2.45) is 0 Å². The molecule has 0 atom stereocenters. The maximum Gasteiger partial charge on any atom is 0.295 e. The lowest BCUT2D eigenvalue weighted by Crippen LogP contribution is -2.04. The van der Waals surface area contributed by atoms with Crippen LogP contribution in [0, 0.1) is 0 Å². The summed E-state index contributed by atoms with van der Waals surface area (Å²) in [6, 6.07) is 9.60. The number of methoxy groups -OCH3 is 1. The molecule has 3 aromatic heterocycles. The Morgan fingerprint density at radius 2 is 2.04 bits per heavy atom. The van der Waals surface area contributed by atoms with Gasteiger partial charge in [-0.15, -0.1) is 0 Å². The zero-order valence-electron chi connectivity index (χ0n) is 13.7. The molecule has 0 bridgehead atoms. The van der Waals surface area contributed by atoms with E-state index in [2.05, 4.69) is 25.6 Å². The molecule has 0 amide bonds. The van der Waals surface area contributed by atoms with Crippen LogP contribution < -0.4 is 10.6 Å². The van der Waals surface area contributed by atoms with Crippen LogP contribution in [0.4, 0.5) is 17.7 Å². The van der Waals surface area contributed by atoms with E-state index in [9.17, 15) is 0 Å². The molecule has 0 unspecified atom stereocenters. The van der Waals surface area contributed by atoms with E-state index in [-0.39, 0.29) is 0 Å². The second-order valence-electron chi connectivity index (χ2n) is 5.20. The number of halogens is 1. The summed E-state index contributed by atoms with van der Waals surface area (Å²) in [6.07, 6.45) is 4.09. The number of ether oxygens (including phenoxy) is 1. The predicted octanol–water partition coefficient (Wildman–Crippen LogP) is 3.98. The first-order chi connectivity index (χ1) is 12.2. The Morgan fingerprint density at radius 1 is 1.12 bits per heavy atom. The summed E-state index contributed by atoms with van der Waals surface area (Å²) >= 11 is 5.84. The number of nitrogens with one attached hydrogen (secondary N) is 2. The summed E-state index contributed by atoms with van der Waals surface area (Å²) in [5, 5.41) is 6.81. The molecule has 0 aliphatic carbocycles. The molecule has 0 saturated heterocycles. The molecule has 3 aromatic rings. The number of hydrogen-bond acceptors (Lipinski definition) is 7. The van der Waals surface area contributed by atoms with E-state index in [1.54, 1.807) is 31.6 Å². The zero-order valence-corrected chi connectivity index (χ0v) is 14.5. The molecule has 25 heavy (non-hydrogen) atoms. The minimum Gasteiger partial charge on any atom is -0.422 e. The Balaban J connectivity index is 1.67. The van der Waals surface area contributed by atoms with Gasteiger partial charge in [0.2, 0.25) is 0 Å². The third kappa shape index (κ3) is 4.91. The SMILES string of the molecule is COCCCNc1ncc(-c2cccc(Nc3ccc(Cl)cn3)n2)o1.